The average Bonchev–Trinajstić information content (AvgIpc) is 3.34. The van der Waals surface area contributed by atoms with E-state index in [-0.39, 0.29) is 5.91 Å². The van der Waals surface area contributed by atoms with Gasteiger partial charge in [0.1, 0.15) is 5.69 Å². The van der Waals surface area contributed by atoms with Gasteiger partial charge in [0.15, 0.2) is 5.82 Å². The minimum absolute atomic E-state index is 0.108. The van der Waals surface area contributed by atoms with Crippen LogP contribution < -0.4 is 9.80 Å². The number of benzene rings is 2. The van der Waals surface area contributed by atoms with Crippen molar-refractivity contribution in [1.29, 1.82) is 0 Å². The number of anilines is 2. The van der Waals surface area contributed by atoms with Gasteiger partial charge in [-0.05, 0) is 48.9 Å². The molecule has 2 aliphatic rings. The third-order valence-corrected chi connectivity index (χ3v) is 6.81. The van der Waals surface area contributed by atoms with Gasteiger partial charge in [-0.25, -0.2) is 9.97 Å². The van der Waals surface area contributed by atoms with E-state index < -0.39 is 11.7 Å². The zero-order valence-electron chi connectivity index (χ0n) is 20.0. The number of aryl methyl sites for hydroxylation is 1. The number of aromatic nitrogens is 4. The van der Waals surface area contributed by atoms with Crippen molar-refractivity contribution < 1.29 is 22.7 Å². The number of halogens is 3. The second-order valence-corrected chi connectivity index (χ2v) is 9.12. The van der Waals surface area contributed by atoms with Gasteiger partial charge in [0, 0.05) is 42.5 Å². The van der Waals surface area contributed by atoms with Crippen LogP contribution in [0.15, 0.2) is 48.8 Å². The molecule has 0 atom stereocenters. The summed E-state index contributed by atoms with van der Waals surface area (Å²) in [5.41, 5.74) is 3.45. The number of hydrogen-bond donors (Lipinski definition) is 0. The SMILES string of the molecule is Cc1cc(-c2ncc3cc(C(F)(F)F)ccc3n2)ccc1N1CCn2ncc(N3CCOCC3)c2C1=O. The number of alkyl halides is 3. The summed E-state index contributed by atoms with van der Waals surface area (Å²) in [5.74, 6) is 0.295. The van der Waals surface area contributed by atoms with Crippen molar-refractivity contribution in [2.24, 2.45) is 0 Å². The molecule has 6 rings (SSSR count). The Labute approximate surface area is 210 Å². The Morgan fingerprint density at radius 1 is 0.946 bits per heavy atom. The van der Waals surface area contributed by atoms with Crippen LogP contribution in [0, 0.1) is 6.92 Å². The molecule has 2 aromatic carbocycles. The number of carbonyl (C=O) groups excluding carboxylic acids is 1. The van der Waals surface area contributed by atoms with Gasteiger partial charge in [-0.2, -0.15) is 18.3 Å². The summed E-state index contributed by atoms with van der Waals surface area (Å²) in [6.45, 7) is 5.64. The first-order valence-corrected chi connectivity index (χ1v) is 11.9. The van der Waals surface area contributed by atoms with Crippen molar-refractivity contribution in [2.45, 2.75) is 19.6 Å². The van der Waals surface area contributed by atoms with E-state index in [1.165, 1.54) is 12.3 Å². The number of nitrogens with zero attached hydrogens (tertiary/aromatic N) is 6. The molecular formula is C26H23F3N6O2. The minimum atomic E-state index is -4.42. The molecule has 1 fully saturated rings. The molecule has 1 saturated heterocycles. The van der Waals surface area contributed by atoms with Crippen molar-refractivity contribution in [3.8, 4) is 11.4 Å². The molecule has 4 heterocycles. The maximum Gasteiger partial charge on any atom is 0.416 e. The van der Waals surface area contributed by atoms with Crippen LogP contribution in [0.4, 0.5) is 24.5 Å². The predicted molar refractivity (Wildman–Crippen MR) is 132 cm³/mol. The van der Waals surface area contributed by atoms with Crippen LogP contribution in [0.5, 0.6) is 0 Å². The van der Waals surface area contributed by atoms with Crippen LogP contribution in [-0.4, -0.2) is 58.5 Å². The summed E-state index contributed by atoms with van der Waals surface area (Å²) in [6, 6.07) is 9.00. The highest BCUT2D eigenvalue weighted by Crippen LogP contribution is 2.33. The molecule has 0 spiro atoms. The van der Waals surface area contributed by atoms with Gasteiger partial charge in [0.05, 0.1) is 42.7 Å². The summed E-state index contributed by atoms with van der Waals surface area (Å²) < 4.78 is 46.3. The third-order valence-electron chi connectivity index (χ3n) is 6.81. The number of ether oxygens (including phenoxy) is 1. The molecule has 0 saturated carbocycles. The Morgan fingerprint density at radius 2 is 1.76 bits per heavy atom. The fourth-order valence-electron chi connectivity index (χ4n) is 4.90. The smallest absolute Gasteiger partial charge is 0.378 e. The van der Waals surface area contributed by atoms with Crippen molar-refractivity contribution in [2.75, 3.05) is 42.6 Å². The molecule has 0 aliphatic carbocycles. The molecule has 1 amide bonds. The maximum absolute atomic E-state index is 13.6. The second-order valence-electron chi connectivity index (χ2n) is 9.12. The molecule has 0 radical (unpaired) electrons. The molecule has 37 heavy (non-hydrogen) atoms. The molecular weight excluding hydrogens is 485 g/mol. The van der Waals surface area contributed by atoms with E-state index in [0.29, 0.717) is 67.4 Å². The van der Waals surface area contributed by atoms with E-state index in [1.54, 1.807) is 15.8 Å². The van der Waals surface area contributed by atoms with E-state index in [1.807, 2.05) is 25.1 Å². The van der Waals surface area contributed by atoms with Crippen molar-refractivity contribution >= 4 is 28.2 Å². The van der Waals surface area contributed by atoms with Gasteiger partial charge in [-0.15, -0.1) is 0 Å². The lowest BCUT2D eigenvalue weighted by atomic mass is 10.1. The summed E-state index contributed by atoms with van der Waals surface area (Å²) in [6.07, 6.45) is -1.27. The number of carbonyl (C=O) groups is 1. The largest absolute Gasteiger partial charge is 0.416 e. The molecule has 0 bridgehead atoms. The summed E-state index contributed by atoms with van der Waals surface area (Å²) in [5, 5.41) is 4.76. The molecule has 8 nitrogen and oxygen atoms in total. The monoisotopic (exact) mass is 508 g/mol. The normalized spacial score (nSPS) is 16.4. The molecule has 2 aliphatic heterocycles. The fraction of sp³-hybridized carbons (Fsp3) is 0.308. The quantitative estimate of drug-likeness (QED) is 0.410. The van der Waals surface area contributed by atoms with E-state index in [2.05, 4.69) is 20.0 Å². The third kappa shape index (κ3) is 4.18. The summed E-state index contributed by atoms with van der Waals surface area (Å²) in [4.78, 5) is 26.3. The van der Waals surface area contributed by atoms with Crippen LogP contribution in [0.25, 0.3) is 22.3 Å². The molecule has 4 aromatic rings. The zero-order valence-corrected chi connectivity index (χ0v) is 20.0. The summed E-state index contributed by atoms with van der Waals surface area (Å²) >= 11 is 0. The first-order valence-electron chi connectivity index (χ1n) is 11.9. The van der Waals surface area contributed by atoms with Crippen molar-refractivity contribution in [3.05, 3.63) is 65.6 Å². The summed E-state index contributed by atoms with van der Waals surface area (Å²) in [7, 11) is 0. The molecule has 11 heteroatoms. The van der Waals surface area contributed by atoms with Gasteiger partial charge in [-0.3, -0.25) is 9.48 Å². The molecule has 2 aromatic heterocycles. The van der Waals surface area contributed by atoms with Crippen LogP contribution in [0.1, 0.15) is 21.6 Å². The Morgan fingerprint density at radius 3 is 2.51 bits per heavy atom. The number of morpholine rings is 1. The van der Waals surface area contributed by atoms with E-state index in [0.717, 1.165) is 29.1 Å². The Bertz CT molecular complexity index is 1510. The van der Waals surface area contributed by atoms with E-state index in [9.17, 15) is 18.0 Å². The Balaban J connectivity index is 1.29. The zero-order chi connectivity index (χ0) is 25.7. The lowest BCUT2D eigenvalue weighted by molar-refractivity contribution is -0.137. The van der Waals surface area contributed by atoms with Crippen LogP contribution in [0.2, 0.25) is 0 Å². The van der Waals surface area contributed by atoms with Crippen LogP contribution in [0.3, 0.4) is 0 Å². The van der Waals surface area contributed by atoms with Gasteiger partial charge in [-0.1, -0.05) is 0 Å². The highest BCUT2D eigenvalue weighted by molar-refractivity contribution is 6.09. The van der Waals surface area contributed by atoms with Crippen molar-refractivity contribution in [3.63, 3.8) is 0 Å². The average molecular weight is 509 g/mol. The number of fused-ring (bicyclic) bond motifs is 2. The number of amides is 1. The Hall–Kier alpha value is -3.99. The highest BCUT2D eigenvalue weighted by atomic mass is 19.4. The first kappa shape index (κ1) is 23.4. The highest BCUT2D eigenvalue weighted by Gasteiger charge is 2.33. The lowest BCUT2D eigenvalue weighted by Gasteiger charge is -2.32. The number of hydrogen-bond acceptors (Lipinski definition) is 6. The maximum atomic E-state index is 13.6. The molecule has 190 valence electrons. The van der Waals surface area contributed by atoms with E-state index in [4.69, 9.17) is 4.74 Å². The van der Waals surface area contributed by atoms with Gasteiger partial charge >= 0.3 is 6.18 Å². The van der Waals surface area contributed by atoms with Crippen LogP contribution >= 0.6 is 0 Å². The van der Waals surface area contributed by atoms with Gasteiger partial charge < -0.3 is 14.5 Å². The molecule has 0 N–H and O–H groups in total. The topological polar surface area (TPSA) is 76.4 Å². The van der Waals surface area contributed by atoms with E-state index >= 15 is 0 Å². The van der Waals surface area contributed by atoms with Crippen molar-refractivity contribution in [1.82, 2.24) is 19.7 Å². The van der Waals surface area contributed by atoms with Gasteiger partial charge in [0.25, 0.3) is 5.91 Å². The second kappa shape index (κ2) is 8.84. The Kier molecular flexibility index (Phi) is 5.59. The van der Waals surface area contributed by atoms with Crippen LogP contribution in [-0.2, 0) is 17.5 Å². The number of rotatable bonds is 3. The fourth-order valence-corrected chi connectivity index (χ4v) is 4.90. The lowest BCUT2D eigenvalue weighted by Crippen LogP contribution is -2.43. The predicted octanol–water partition coefficient (Wildman–Crippen LogP) is 4.32. The van der Waals surface area contributed by atoms with Gasteiger partial charge in [0.2, 0.25) is 0 Å². The standard InChI is InChI=1S/C26H23F3N6O2/c1-16-12-17(24-30-14-18-13-19(26(27,28)29)3-4-20(18)32-24)2-5-21(16)34-6-7-35-23(25(34)36)22(15-31-35)33-8-10-37-11-9-33/h2-5,12-15H,6-11H2,1H3. The molecule has 0 unspecified atom stereocenters. The first-order chi connectivity index (χ1) is 17.8. The minimum Gasteiger partial charge on any atom is -0.378 e.